The lowest BCUT2D eigenvalue weighted by Crippen LogP contribution is -2.38. The molecule has 1 heterocycles. The lowest BCUT2D eigenvalue weighted by Gasteiger charge is -2.20. The van der Waals surface area contributed by atoms with Crippen LogP contribution in [0.1, 0.15) is 52.4 Å². The molecule has 0 N–H and O–H groups in total. The van der Waals surface area contributed by atoms with E-state index < -0.39 is 6.10 Å². The summed E-state index contributed by atoms with van der Waals surface area (Å²) in [7, 11) is 0. The van der Waals surface area contributed by atoms with E-state index in [1.54, 1.807) is 11.8 Å². The average Bonchev–Trinajstić information content (AvgIpc) is 2.81. The summed E-state index contributed by atoms with van der Waals surface area (Å²) in [4.78, 5) is 25.1. The maximum Gasteiger partial charge on any atom is 0.306 e. The number of amides is 1. The molecule has 0 saturated carbocycles. The number of hydrogen-bond donors (Lipinski definition) is 0. The van der Waals surface area contributed by atoms with E-state index >= 15 is 0 Å². The molecule has 1 aliphatic heterocycles. The number of esters is 1. The highest BCUT2D eigenvalue weighted by molar-refractivity contribution is 5.83. The van der Waals surface area contributed by atoms with E-state index in [4.69, 9.17) is 4.74 Å². The Balaban J connectivity index is 2.24. The maximum atomic E-state index is 11.9. The first-order valence-corrected chi connectivity index (χ1v) is 6.63. The quantitative estimate of drug-likeness (QED) is 0.528. The number of likely N-dealkylation sites (tertiary alicyclic amines) is 1. The molecule has 4 nitrogen and oxygen atoms in total. The van der Waals surface area contributed by atoms with Crippen LogP contribution in [0.5, 0.6) is 0 Å². The van der Waals surface area contributed by atoms with Crippen LogP contribution in [0.15, 0.2) is 0 Å². The Morgan fingerprint density at radius 1 is 1.24 bits per heavy atom. The Kier molecular flexibility index (Phi) is 6.01. The van der Waals surface area contributed by atoms with Gasteiger partial charge in [-0.3, -0.25) is 9.59 Å². The fourth-order valence-corrected chi connectivity index (χ4v) is 2.02. The first-order chi connectivity index (χ1) is 8.15. The number of carbonyl (C=O) groups excluding carboxylic acids is 2. The van der Waals surface area contributed by atoms with Crippen molar-refractivity contribution in [2.24, 2.45) is 0 Å². The Morgan fingerprint density at radius 2 is 1.88 bits per heavy atom. The number of nitrogens with zero attached hydrogens (tertiary/aromatic N) is 1. The fourth-order valence-electron chi connectivity index (χ4n) is 2.02. The van der Waals surface area contributed by atoms with Gasteiger partial charge in [0.25, 0.3) is 5.91 Å². The Bertz CT molecular complexity index is 259. The van der Waals surface area contributed by atoms with Crippen LogP contribution in [0, 0.1) is 0 Å². The normalized spacial score (nSPS) is 16.9. The van der Waals surface area contributed by atoms with Gasteiger partial charge in [0.2, 0.25) is 0 Å². The monoisotopic (exact) mass is 241 g/mol. The topological polar surface area (TPSA) is 46.6 Å². The molecule has 1 fully saturated rings. The number of unbranched alkanes of at least 4 members (excludes halogenated alkanes) is 2. The summed E-state index contributed by atoms with van der Waals surface area (Å²) in [6.07, 6.45) is 4.87. The highest BCUT2D eigenvalue weighted by Gasteiger charge is 2.25. The fraction of sp³-hybridized carbons (Fsp3) is 0.846. The van der Waals surface area contributed by atoms with Crippen LogP contribution in [-0.4, -0.2) is 36.0 Å². The van der Waals surface area contributed by atoms with Crippen molar-refractivity contribution in [2.75, 3.05) is 13.1 Å². The predicted octanol–water partition coefficient (Wildman–Crippen LogP) is 2.12. The SMILES string of the molecule is CCCCCC(=O)O[C@@H](C)C(=O)N1CCCC1. The summed E-state index contributed by atoms with van der Waals surface area (Å²) in [6.45, 7) is 5.36. The molecular weight excluding hydrogens is 218 g/mol. The molecule has 0 aliphatic carbocycles. The second-order valence-corrected chi connectivity index (χ2v) is 4.62. The van der Waals surface area contributed by atoms with Gasteiger partial charge in [0.15, 0.2) is 6.10 Å². The second-order valence-electron chi connectivity index (χ2n) is 4.62. The number of hydrogen-bond acceptors (Lipinski definition) is 3. The van der Waals surface area contributed by atoms with Gasteiger partial charge in [-0.15, -0.1) is 0 Å². The number of ether oxygens (including phenoxy) is 1. The van der Waals surface area contributed by atoms with E-state index in [2.05, 4.69) is 6.92 Å². The third-order valence-electron chi connectivity index (χ3n) is 3.06. The lowest BCUT2D eigenvalue weighted by atomic mass is 10.2. The first kappa shape index (κ1) is 14.0. The molecule has 0 bridgehead atoms. The van der Waals surface area contributed by atoms with Crippen molar-refractivity contribution >= 4 is 11.9 Å². The molecule has 1 rings (SSSR count). The summed E-state index contributed by atoms with van der Waals surface area (Å²) in [5.41, 5.74) is 0. The third kappa shape index (κ3) is 4.75. The first-order valence-electron chi connectivity index (χ1n) is 6.63. The summed E-state index contributed by atoms with van der Waals surface area (Å²) >= 11 is 0. The standard InChI is InChI=1S/C13H23NO3/c1-3-4-5-8-12(15)17-11(2)13(16)14-9-6-7-10-14/h11H,3-10H2,1-2H3/t11-/m0/s1. The van der Waals surface area contributed by atoms with Crippen LogP contribution in [0.4, 0.5) is 0 Å². The lowest BCUT2D eigenvalue weighted by molar-refractivity contribution is -0.158. The van der Waals surface area contributed by atoms with E-state index in [0.29, 0.717) is 6.42 Å². The molecule has 0 aromatic rings. The van der Waals surface area contributed by atoms with Crippen LogP contribution in [-0.2, 0) is 14.3 Å². The summed E-state index contributed by atoms with van der Waals surface area (Å²) in [6, 6.07) is 0. The van der Waals surface area contributed by atoms with Crippen molar-refractivity contribution in [1.29, 1.82) is 0 Å². The molecule has 1 aliphatic rings. The largest absolute Gasteiger partial charge is 0.453 e. The summed E-state index contributed by atoms with van der Waals surface area (Å²) in [5, 5.41) is 0. The molecular formula is C13H23NO3. The Hall–Kier alpha value is -1.06. The molecule has 4 heteroatoms. The molecule has 0 unspecified atom stereocenters. The van der Waals surface area contributed by atoms with Crippen LogP contribution in [0.2, 0.25) is 0 Å². The maximum absolute atomic E-state index is 11.9. The van der Waals surface area contributed by atoms with Crippen molar-refractivity contribution < 1.29 is 14.3 Å². The van der Waals surface area contributed by atoms with Gasteiger partial charge in [0.1, 0.15) is 0 Å². The minimum atomic E-state index is -0.623. The minimum absolute atomic E-state index is 0.0497. The van der Waals surface area contributed by atoms with Gasteiger partial charge in [-0.25, -0.2) is 0 Å². The molecule has 98 valence electrons. The summed E-state index contributed by atoms with van der Waals surface area (Å²) < 4.78 is 5.14. The predicted molar refractivity (Wildman–Crippen MR) is 65.5 cm³/mol. The molecule has 1 atom stereocenters. The zero-order valence-electron chi connectivity index (χ0n) is 10.9. The number of carbonyl (C=O) groups is 2. The van der Waals surface area contributed by atoms with Crippen LogP contribution < -0.4 is 0 Å². The molecule has 17 heavy (non-hydrogen) atoms. The zero-order valence-corrected chi connectivity index (χ0v) is 10.9. The van der Waals surface area contributed by atoms with E-state index in [-0.39, 0.29) is 11.9 Å². The van der Waals surface area contributed by atoms with Crippen molar-refractivity contribution in [3.63, 3.8) is 0 Å². The van der Waals surface area contributed by atoms with Gasteiger partial charge in [-0.1, -0.05) is 19.8 Å². The van der Waals surface area contributed by atoms with E-state index in [1.165, 1.54) is 0 Å². The van der Waals surface area contributed by atoms with Crippen LogP contribution in [0.3, 0.4) is 0 Å². The van der Waals surface area contributed by atoms with Gasteiger partial charge >= 0.3 is 5.97 Å². The van der Waals surface area contributed by atoms with Crippen molar-refractivity contribution in [1.82, 2.24) is 4.90 Å². The molecule has 0 radical (unpaired) electrons. The van der Waals surface area contributed by atoms with Gasteiger partial charge in [-0.2, -0.15) is 0 Å². The van der Waals surface area contributed by atoms with Crippen molar-refractivity contribution in [3.05, 3.63) is 0 Å². The smallest absolute Gasteiger partial charge is 0.306 e. The van der Waals surface area contributed by atoms with E-state index in [1.807, 2.05) is 0 Å². The minimum Gasteiger partial charge on any atom is -0.453 e. The Morgan fingerprint density at radius 3 is 2.47 bits per heavy atom. The molecule has 1 saturated heterocycles. The second kappa shape index (κ2) is 7.30. The van der Waals surface area contributed by atoms with Crippen LogP contribution >= 0.6 is 0 Å². The highest BCUT2D eigenvalue weighted by atomic mass is 16.5. The molecule has 0 spiro atoms. The Labute approximate surface area is 103 Å². The van der Waals surface area contributed by atoms with Crippen molar-refractivity contribution in [2.45, 2.75) is 58.5 Å². The van der Waals surface area contributed by atoms with Gasteiger partial charge in [0.05, 0.1) is 0 Å². The van der Waals surface area contributed by atoms with Crippen molar-refractivity contribution in [3.8, 4) is 0 Å². The van der Waals surface area contributed by atoms with E-state index in [9.17, 15) is 9.59 Å². The molecule has 0 aromatic heterocycles. The average molecular weight is 241 g/mol. The third-order valence-corrected chi connectivity index (χ3v) is 3.06. The van der Waals surface area contributed by atoms with Gasteiger partial charge in [0, 0.05) is 19.5 Å². The number of rotatable bonds is 6. The summed E-state index contributed by atoms with van der Waals surface area (Å²) in [5.74, 6) is -0.301. The van der Waals surface area contributed by atoms with Gasteiger partial charge in [-0.05, 0) is 26.2 Å². The van der Waals surface area contributed by atoms with E-state index in [0.717, 1.165) is 45.2 Å². The molecule has 1 amide bonds. The van der Waals surface area contributed by atoms with Gasteiger partial charge < -0.3 is 9.64 Å². The highest BCUT2D eigenvalue weighted by Crippen LogP contribution is 2.11. The zero-order chi connectivity index (χ0) is 12.7. The molecule has 0 aromatic carbocycles. The van der Waals surface area contributed by atoms with Crippen LogP contribution in [0.25, 0.3) is 0 Å².